The van der Waals surface area contributed by atoms with Gasteiger partial charge in [0.15, 0.2) is 0 Å². The van der Waals surface area contributed by atoms with Crippen LogP contribution < -0.4 is 0 Å². The summed E-state index contributed by atoms with van der Waals surface area (Å²) in [5.41, 5.74) is 5.67. The van der Waals surface area contributed by atoms with Gasteiger partial charge in [0.1, 0.15) is 0 Å². The lowest BCUT2D eigenvalue weighted by Gasteiger charge is -2.32. The fraction of sp³-hybridized carbons (Fsp3) is 0.333. The molecule has 2 rings (SSSR count). The van der Waals surface area contributed by atoms with Gasteiger partial charge >= 0.3 is 0 Å². The van der Waals surface area contributed by atoms with E-state index >= 15 is 0 Å². The molecule has 2 nitrogen and oxygen atoms in total. The molecule has 1 aliphatic carbocycles. The summed E-state index contributed by atoms with van der Waals surface area (Å²) in [6.07, 6.45) is 0.895. The van der Waals surface area contributed by atoms with E-state index < -0.39 is 0 Å². The second-order valence-electron chi connectivity index (χ2n) is 6.13. The van der Waals surface area contributed by atoms with E-state index in [-0.39, 0.29) is 11.1 Å². The molecule has 0 amide bonds. The van der Waals surface area contributed by atoms with Crippen LogP contribution in [0.15, 0.2) is 41.1 Å². The Morgan fingerprint density at radius 3 is 2.50 bits per heavy atom. The molecule has 100 valence electrons. The molecule has 0 fully saturated rings. The third kappa shape index (κ3) is 2.26. The van der Waals surface area contributed by atoms with Gasteiger partial charge in [0, 0.05) is 5.57 Å². The fourth-order valence-corrected chi connectivity index (χ4v) is 2.86. The molecule has 0 atom stereocenters. The van der Waals surface area contributed by atoms with E-state index in [0.717, 1.165) is 23.1 Å². The Kier molecular flexibility index (Phi) is 3.51. The van der Waals surface area contributed by atoms with E-state index in [9.17, 15) is 5.26 Å². The molecule has 1 aliphatic rings. The van der Waals surface area contributed by atoms with E-state index in [2.05, 4.69) is 37.8 Å². The molecule has 20 heavy (non-hydrogen) atoms. The molecule has 0 radical (unpaired) electrons. The van der Waals surface area contributed by atoms with E-state index in [1.54, 1.807) is 0 Å². The molecule has 0 N–H and O–H groups in total. The lowest BCUT2D eigenvalue weighted by Crippen LogP contribution is -2.18. The normalized spacial score (nSPS) is 17.1. The summed E-state index contributed by atoms with van der Waals surface area (Å²) in [4.78, 5) is 3.43. The van der Waals surface area contributed by atoms with Gasteiger partial charge in [-0.3, -0.25) is 0 Å². The van der Waals surface area contributed by atoms with Gasteiger partial charge in [-0.05, 0) is 29.9 Å². The van der Waals surface area contributed by atoms with Crippen molar-refractivity contribution in [3.63, 3.8) is 0 Å². The standard InChI is InChI=1S/C18H18N2/c1-12-15(18(2,3)4)10-13-8-6-7-9-14(13)17(12)16(11-19)20-5/h6-9H,10H2,1-4H3/b17-16+. The molecule has 0 aromatic heterocycles. The second-order valence-corrected chi connectivity index (χ2v) is 6.13. The third-order valence-corrected chi connectivity index (χ3v) is 3.84. The van der Waals surface area contributed by atoms with Crippen LogP contribution in [0.1, 0.15) is 38.8 Å². The van der Waals surface area contributed by atoms with Gasteiger partial charge in [0.25, 0.3) is 5.70 Å². The molecule has 0 saturated heterocycles. The van der Waals surface area contributed by atoms with Gasteiger partial charge < -0.3 is 0 Å². The summed E-state index contributed by atoms with van der Waals surface area (Å²) in [6, 6.07) is 10.1. The van der Waals surface area contributed by atoms with Gasteiger partial charge in [0.2, 0.25) is 0 Å². The van der Waals surface area contributed by atoms with Crippen LogP contribution in [0.4, 0.5) is 0 Å². The number of fused-ring (bicyclic) bond motifs is 1. The molecule has 0 unspecified atom stereocenters. The highest BCUT2D eigenvalue weighted by Gasteiger charge is 2.28. The summed E-state index contributed by atoms with van der Waals surface area (Å²) < 4.78 is 0. The molecule has 1 aromatic carbocycles. The molecule has 2 heteroatoms. The topological polar surface area (TPSA) is 28.1 Å². The van der Waals surface area contributed by atoms with Crippen LogP contribution in [0.2, 0.25) is 0 Å². The van der Waals surface area contributed by atoms with Crippen molar-refractivity contribution < 1.29 is 0 Å². The highest BCUT2D eigenvalue weighted by molar-refractivity contribution is 5.88. The minimum Gasteiger partial charge on any atom is -0.226 e. The van der Waals surface area contributed by atoms with E-state index in [0.29, 0.717) is 0 Å². The Bertz CT molecular complexity index is 682. The maximum atomic E-state index is 9.27. The van der Waals surface area contributed by atoms with Crippen molar-refractivity contribution in [2.24, 2.45) is 5.41 Å². The van der Waals surface area contributed by atoms with Crippen LogP contribution in [0, 0.1) is 23.3 Å². The van der Waals surface area contributed by atoms with Crippen LogP contribution >= 0.6 is 0 Å². The smallest absolute Gasteiger partial charge is 0.226 e. The van der Waals surface area contributed by atoms with Gasteiger partial charge in [-0.15, -0.1) is 0 Å². The minimum absolute atomic E-state index is 0.0332. The number of hydrogen-bond acceptors (Lipinski definition) is 1. The first-order chi connectivity index (χ1) is 9.40. The number of allylic oxidation sites excluding steroid dienone is 4. The van der Waals surface area contributed by atoms with Crippen molar-refractivity contribution in [1.82, 2.24) is 0 Å². The Hall–Kier alpha value is -2.32. The monoisotopic (exact) mass is 262 g/mol. The van der Waals surface area contributed by atoms with Crippen molar-refractivity contribution in [3.05, 3.63) is 63.7 Å². The molecular formula is C18H18N2. The zero-order chi connectivity index (χ0) is 14.9. The SMILES string of the molecule is [C-]#[N+]/C(C#N)=C1\C(C)=C(C(C)(C)C)Cc2ccccc21. The number of hydrogen-bond donors (Lipinski definition) is 0. The zero-order valence-electron chi connectivity index (χ0n) is 12.4. The quantitative estimate of drug-likeness (QED) is 0.489. The number of rotatable bonds is 0. The minimum atomic E-state index is 0.0332. The summed E-state index contributed by atoms with van der Waals surface area (Å²) >= 11 is 0. The van der Waals surface area contributed by atoms with E-state index in [4.69, 9.17) is 6.57 Å². The lowest BCUT2D eigenvalue weighted by molar-refractivity contribution is 0.486. The van der Waals surface area contributed by atoms with E-state index in [1.807, 2.05) is 25.1 Å². The predicted octanol–water partition coefficient (Wildman–Crippen LogP) is 4.76. The third-order valence-electron chi connectivity index (χ3n) is 3.84. The molecule has 0 heterocycles. The summed E-state index contributed by atoms with van der Waals surface area (Å²) in [5.74, 6) is 0. The largest absolute Gasteiger partial charge is 0.269 e. The van der Waals surface area contributed by atoms with Crippen LogP contribution in [0.25, 0.3) is 10.4 Å². The Morgan fingerprint density at radius 2 is 1.95 bits per heavy atom. The Morgan fingerprint density at radius 1 is 1.30 bits per heavy atom. The van der Waals surface area contributed by atoms with Gasteiger partial charge in [-0.1, -0.05) is 56.2 Å². The van der Waals surface area contributed by atoms with E-state index in [1.165, 1.54) is 11.1 Å². The van der Waals surface area contributed by atoms with Crippen LogP contribution in [-0.2, 0) is 6.42 Å². The molecule has 0 bridgehead atoms. The Balaban J connectivity index is 2.83. The van der Waals surface area contributed by atoms with Crippen molar-refractivity contribution in [2.75, 3.05) is 0 Å². The summed E-state index contributed by atoms with van der Waals surface area (Å²) in [7, 11) is 0. The van der Waals surface area contributed by atoms with Gasteiger partial charge in [-0.25, -0.2) is 10.1 Å². The van der Waals surface area contributed by atoms with Crippen molar-refractivity contribution in [1.29, 1.82) is 5.26 Å². The fourth-order valence-electron chi connectivity index (χ4n) is 2.86. The second kappa shape index (κ2) is 4.99. The van der Waals surface area contributed by atoms with Crippen LogP contribution in [0.3, 0.4) is 0 Å². The molecule has 0 spiro atoms. The maximum absolute atomic E-state index is 9.27. The van der Waals surface area contributed by atoms with Gasteiger partial charge in [-0.2, -0.15) is 0 Å². The van der Waals surface area contributed by atoms with Gasteiger partial charge in [0.05, 0.1) is 12.6 Å². The molecule has 0 saturated carbocycles. The number of benzene rings is 1. The number of nitrogens with zero attached hydrogens (tertiary/aromatic N) is 2. The molecular weight excluding hydrogens is 244 g/mol. The maximum Gasteiger partial charge on any atom is 0.269 e. The van der Waals surface area contributed by atoms with Crippen LogP contribution in [0.5, 0.6) is 0 Å². The van der Waals surface area contributed by atoms with Crippen molar-refractivity contribution in [2.45, 2.75) is 34.1 Å². The average Bonchev–Trinajstić information content (AvgIpc) is 2.40. The van der Waals surface area contributed by atoms with Crippen LogP contribution in [-0.4, -0.2) is 0 Å². The van der Waals surface area contributed by atoms with Crippen molar-refractivity contribution in [3.8, 4) is 6.07 Å². The van der Waals surface area contributed by atoms with Crippen molar-refractivity contribution >= 4 is 5.57 Å². The first-order valence-electron chi connectivity index (χ1n) is 6.71. The Labute approximate surface area is 120 Å². The predicted molar refractivity (Wildman–Crippen MR) is 81.4 cm³/mol. The molecule has 0 aliphatic heterocycles. The first kappa shape index (κ1) is 14.1. The summed E-state index contributed by atoms with van der Waals surface area (Å²) in [5, 5.41) is 9.27. The highest BCUT2D eigenvalue weighted by Crippen LogP contribution is 2.43. The lowest BCUT2D eigenvalue weighted by atomic mass is 9.72. The average molecular weight is 262 g/mol. The molecule has 1 aromatic rings. The summed E-state index contributed by atoms with van der Waals surface area (Å²) in [6.45, 7) is 15.9. The zero-order valence-corrected chi connectivity index (χ0v) is 12.4. The highest BCUT2D eigenvalue weighted by atomic mass is 14.7. The number of nitriles is 1. The first-order valence-corrected chi connectivity index (χ1v) is 6.71.